The second-order valence-corrected chi connectivity index (χ2v) is 3.81. The summed E-state index contributed by atoms with van der Waals surface area (Å²) < 4.78 is 1.31. The van der Waals surface area contributed by atoms with Crippen LogP contribution in [0.3, 0.4) is 0 Å². The zero-order valence-corrected chi connectivity index (χ0v) is 10.6. The van der Waals surface area contributed by atoms with Gasteiger partial charge < -0.3 is 0 Å². The van der Waals surface area contributed by atoms with E-state index in [2.05, 4.69) is 53.8 Å². The summed E-state index contributed by atoms with van der Waals surface area (Å²) in [6.07, 6.45) is 0. The minimum Gasteiger partial charge on any atom is -0.213 e. The third-order valence-corrected chi connectivity index (χ3v) is 2.17. The van der Waals surface area contributed by atoms with Crippen LogP contribution in [0.4, 0.5) is 0 Å². The molecule has 0 bridgehead atoms. The Hall–Kier alpha value is -0.0505. The van der Waals surface area contributed by atoms with E-state index in [1.165, 1.54) is 9.13 Å². The molecule has 13 heavy (non-hydrogen) atoms. The van der Waals surface area contributed by atoms with Crippen molar-refractivity contribution < 1.29 is 17.1 Å². The predicted octanol–water partition coefficient (Wildman–Crippen LogP) is 3.72. The number of aryl methyl sites for hydroxylation is 1. The second kappa shape index (κ2) is 7.36. The molecule has 0 nitrogen and oxygen atoms in total. The Balaban J connectivity index is 0.000000206. The van der Waals surface area contributed by atoms with Crippen LogP contribution in [0.15, 0.2) is 48.5 Å². The van der Waals surface area contributed by atoms with Crippen LogP contribution in [0.25, 0.3) is 0 Å². The summed E-state index contributed by atoms with van der Waals surface area (Å²) in [5.74, 6) is 0. The number of hydrogen-bond donors (Lipinski definition) is 0. The molecule has 70 valence electrons. The maximum atomic E-state index is 2.28. The maximum Gasteiger partial charge on any atom is 2.00 e. The molecule has 0 saturated heterocycles. The number of halogens is 1. The van der Waals surface area contributed by atoms with Gasteiger partial charge in [-0.15, -0.1) is 3.57 Å². The van der Waals surface area contributed by atoms with E-state index in [1.54, 1.807) is 0 Å². The van der Waals surface area contributed by atoms with E-state index in [0.717, 1.165) is 0 Å². The largest absolute Gasteiger partial charge is 2.00 e. The zero-order valence-electron chi connectivity index (χ0n) is 7.35. The minimum absolute atomic E-state index is 0. The van der Waals surface area contributed by atoms with E-state index in [0.29, 0.717) is 0 Å². The van der Waals surface area contributed by atoms with Gasteiger partial charge in [-0.2, -0.15) is 29.8 Å². The van der Waals surface area contributed by atoms with Crippen LogP contribution >= 0.6 is 22.6 Å². The summed E-state index contributed by atoms with van der Waals surface area (Å²) in [6.45, 7) is 2.08. The van der Waals surface area contributed by atoms with Gasteiger partial charge >= 0.3 is 17.1 Å². The molecule has 0 saturated carbocycles. The van der Waals surface area contributed by atoms with Crippen molar-refractivity contribution in [3.8, 4) is 0 Å². The summed E-state index contributed by atoms with van der Waals surface area (Å²) >= 11 is 2.28. The Morgan fingerprint density at radius 1 is 1.08 bits per heavy atom. The average Bonchev–Trinajstić information content (AvgIpc) is 2.63. The van der Waals surface area contributed by atoms with E-state index >= 15 is 0 Å². The monoisotopic (exact) mass is 326 g/mol. The van der Waals surface area contributed by atoms with Gasteiger partial charge in [-0.1, -0.05) is 29.5 Å². The molecule has 0 spiro atoms. The SMILES string of the molecule is Cc1ccc[cH-]1.Ic1ccc[cH-]1.[Fe+2]. The topological polar surface area (TPSA) is 0 Å². The second-order valence-electron chi connectivity index (χ2n) is 2.57. The first-order chi connectivity index (χ1) is 5.79. The van der Waals surface area contributed by atoms with E-state index in [-0.39, 0.29) is 17.1 Å². The molecule has 2 aromatic carbocycles. The van der Waals surface area contributed by atoms with Gasteiger partial charge in [0.05, 0.1) is 0 Å². The van der Waals surface area contributed by atoms with Gasteiger partial charge in [0, 0.05) is 0 Å². The molecule has 0 aromatic heterocycles. The van der Waals surface area contributed by atoms with Crippen LogP contribution in [0, 0.1) is 10.5 Å². The third kappa shape index (κ3) is 6.08. The molecule has 0 N–H and O–H groups in total. The van der Waals surface area contributed by atoms with Gasteiger partial charge in [0.2, 0.25) is 0 Å². The van der Waals surface area contributed by atoms with Gasteiger partial charge in [-0.25, -0.2) is 24.3 Å². The quantitative estimate of drug-likeness (QED) is 0.393. The Kier molecular flexibility index (Phi) is 7.33. The van der Waals surface area contributed by atoms with Crippen molar-refractivity contribution in [2.75, 3.05) is 0 Å². The Morgan fingerprint density at radius 2 is 1.69 bits per heavy atom. The maximum absolute atomic E-state index is 2.28. The standard InChI is InChI=1S/C6H7.C5H4I.Fe/c1-6-4-2-3-5-6;6-5-3-1-2-4-5;/h2-5H,1H3;1-4H;/q2*-1;+2. The van der Waals surface area contributed by atoms with Gasteiger partial charge in [0.25, 0.3) is 0 Å². The van der Waals surface area contributed by atoms with Crippen molar-refractivity contribution >= 4 is 22.6 Å². The molecule has 0 fully saturated rings. The van der Waals surface area contributed by atoms with E-state index in [1.807, 2.05) is 24.3 Å². The molecule has 0 amide bonds. The fourth-order valence-corrected chi connectivity index (χ4v) is 1.24. The first-order valence-corrected chi connectivity index (χ1v) is 4.92. The summed E-state index contributed by atoms with van der Waals surface area (Å²) in [7, 11) is 0. The van der Waals surface area contributed by atoms with E-state index in [4.69, 9.17) is 0 Å². The first-order valence-electron chi connectivity index (χ1n) is 3.84. The minimum atomic E-state index is 0. The molecule has 0 unspecified atom stereocenters. The first kappa shape index (κ1) is 12.9. The molecule has 2 rings (SSSR count). The Labute approximate surface area is 104 Å². The van der Waals surface area contributed by atoms with Crippen LogP contribution in [-0.2, 0) is 17.1 Å². The summed E-state index contributed by atoms with van der Waals surface area (Å²) in [5, 5.41) is 0. The molecule has 0 radical (unpaired) electrons. The molecule has 2 aromatic rings. The van der Waals surface area contributed by atoms with Gasteiger partial charge in [-0.05, 0) is 0 Å². The van der Waals surface area contributed by atoms with Crippen molar-refractivity contribution in [1.82, 2.24) is 0 Å². The third-order valence-electron chi connectivity index (χ3n) is 1.45. The van der Waals surface area contributed by atoms with Gasteiger partial charge in [0.1, 0.15) is 0 Å². The molecule has 0 aliphatic rings. The Morgan fingerprint density at radius 3 is 1.85 bits per heavy atom. The van der Waals surface area contributed by atoms with Crippen molar-refractivity contribution in [1.29, 1.82) is 0 Å². The molecule has 0 aliphatic carbocycles. The molecule has 0 aliphatic heterocycles. The average molecular weight is 326 g/mol. The molecule has 0 heterocycles. The van der Waals surface area contributed by atoms with Crippen molar-refractivity contribution in [3.05, 3.63) is 57.7 Å². The fourth-order valence-electron chi connectivity index (χ4n) is 0.821. The van der Waals surface area contributed by atoms with Gasteiger partial charge in [-0.3, -0.25) is 0 Å². The van der Waals surface area contributed by atoms with Gasteiger partial charge in [0.15, 0.2) is 0 Å². The van der Waals surface area contributed by atoms with Crippen molar-refractivity contribution in [2.45, 2.75) is 6.92 Å². The van der Waals surface area contributed by atoms with Crippen LogP contribution in [-0.4, -0.2) is 0 Å². The Bertz CT molecular complexity index is 249. The summed E-state index contributed by atoms with van der Waals surface area (Å²) in [4.78, 5) is 0. The molecule has 2 heteroatoms. The van der Waals surface area contributed by atoms with E-state index in [9.17, 15) is 0 Å². The predicted molar refractivity (Wildman–Crippen MR) is 61.5 cm³/mol. The summed E-state index contributed by atoms with van der Waals surface area (Å²) in [5.41, 5.74) is 1.34. The molecular weight excluding hydrogens is 315 g/mol. The molecule has 0 atom stereocenters. The van der Waals surface area contributed by atoms with Crippen LogP contribution in [0.1, 0.15) is 5.56 Å². The van der Waals surface area contributed by atoms with Crippen LogP contribution < -0.4 is 0 Å². The molecular formula is C11H11FeI. The van der Waals surface area contributed by atoms with Crippen molar-refractivity contribution in [3.63, 3.8) is 0 Å². The number of hydrogen-bond acceptors (Lipinski definition) is 0. The number of rotatable bonds is 0. The fraction of sp³-hybridized carbons (Fsp3) is 0.0909. The van der Waals surface area contributed by atoms with Crippen molar-refractivity contribution in [2.24, 2.45) is 0 Å². The van der Waals surface area contributed by atoms with Crippen LogP contribution in [0.2, 0.25) is 0 Å². The zero-order chi connectivity index (χ0) is 8.81. The van der Waals surface area contributed by atoms with Crippen LogP contribution in [0.5, 0.6) is 0 Å². The smallest absolute Gasteiger partial charge is 0.213 e. The summed E-state index contributed by atoms with van der Waals surface area (Å²) in [6, 6.07) is 16.4. The van der Waals surface area contributed by atoms with E-state index < -0.39 is 0 Å². The normalized spacial score (nSPS) is 8.15.